The third-order valence-electron chi connectivity index (χ3n) is 3.23. The summed E-state index contributed by atoms with van der Waals surface area (Å²) in [6.07, 6.45) is 3.14. The van der Waals surface area contributed by atoms with Crippen LogP contribution in [0, 0.1) is 6.92 Å². The fourth-order valence-corrected chi connectivity index (χ4v) is 3.80. The number of hydrogen-bond acceptors (Lipinski definition) is 4. The quantitative estimate of drug-likeness (QED) is 0.825. The number of aliphatic hydroxyl groups is 1. The van der Waals surface area contributed by atoms with Crippen LogP contribution in [0.4, 0.5) is 0 Å². The first-order valence-electron chi connectivity index (χ1n) is 6.58. The average molecular weight is 306 g/mol. The molecule has 0 aliphatic carbocycles. The molecule has 1 N–H and O–H groups in total. The van der Waals surface area contributed by atoms with Crippen LogP contribution in [0.5, 0.6) is 0 Å². The Labute approximate surface area is 124 Å². The van der Waals surface area contributed by atoms with Gasteiger partial charge in [-0.3, -0.25) is 4.98 Å². The van der Waals surface area contributed by atoms with E-state index in [1.807, 2.05) is 6.92 Å². The van der Waals surface area contributed by atoms with E-state index >= 15 is 0 Å². The van der Waals surface area contributed by atoms with Crippen molar-refractivity contribution in [1.29, 1.82) is 0 Å². The summed E-state index contributed by atoms with van der Waals surface area (Å²) in [4.78, 5) is 4.45. The van der Waals surface area contributed by atoms with Gasteiger partial charge in [0.1, 0.15) is 0 Å². The first kappa shape index (κ1) is 15.6. The predicted molar refractivity (Wildman–Crippen MR) is 82.5 cm³/mol. The second kappa shape index (κ2) is 6.34. The standard InChI is InChI=1S/C15H18N2O3S/c1-3-9-17(10-11-18)21(19,20)14-7-6-12(2)15-13(14)5-4-8-16-15/h3-8,18H,1,9-11H2,2H3. The van der Waals surface area contributed by atoms with Gasteiger partial charge in [0.25, 0.3) is 0 Å². The van der Waals surface area contributed by atoms with Crippen molar-refractivity contribution in [2.45, 2.75) is 11.8 Å². The van der Waals surface area contributed by atoms with Gasteiger partial charge in [0.15, 0.2) is 0 Å². The van der Waals surface area contributed by atoms with Crippen molar-refractivity contribution in [3.63, 3.8) is 0 Å². The van der Waals surface area contributed by atoms with Gasteiger partial charge >= 0.3 is 0 Å². The largest absolute Gasteiger partial charge is 0.395 e. The molecular weight excluding hydrogens is 288 g/mol. The second-order valence-corrected chi connectivity index (χ2v) is 6.56. The molecule has 112 valence electrons. The Balaban J connectivity index is 2.64. The maximum absolute atomic E-state index is 12.8. The fourth-order valence-electron chi connectivity index (χ4n) is 2.22. The Kier molecular flexibility index (Phi) is 4.72. The van der Waals surface area contributed by atoms with Crippen LogP contribution in [0.3, 0.4) is 0 Å². The molecule has 0 saturated heterocycles. The van der Waals surface area contributed by atoms with Crippen LogP contribution < -0.4 is 0 Å². The van der Waals surface area contributed by atoms with Crippen molar-refractivity contribution in [3.05, 3.63) is 48.7 Å². The fraction of sp³-hybridized carbons (Fsp3) is 0.267. The molecule has 2 rings (SSSR count). The Bertz CT molecular complexity index is 757. The summed E-state index contributed by atoms with van der Waals surface area (Å²) in [5.41, 5.74) is 1.59. The molecule has 5 nitrogen and oxygen atoms in total. The zero-order chi connectivity index (χ0) is 15.5. The van der Waals surface area contributed by atoms with E-state index in [1.54, 1.807) is 30.5 Å². The molecule has 0 radical (unpaired) electrons. The molecule has 0 spiro atoms. The number of hydrogen-bond donors (Lipinski definition) is 1. The minimum Gasteiger partial charge on any atom is -0.395 e. The lowest BCUT2D eigenvalue weighted by Crippen LogP contribution is -2.33. The van der Waals surface area contributed by atoms with E-state index < -0.39 is 10.0 Å². The number of aliphatic hydroxyl groups excluding tert-OH is 1. The summed E-state index contributed by atoms with van der Waals surface area (Å²) in [5, 5.41) is 9.67. The monoisotopic (exact) mass is 306 g/mol. The number of sulfonamides is 1. The van der Waals surface area contributed by atoms with Crippen molar-refractivity contribution in [1.82, 2.24) is 9.29 Å². The van der Waals surface area contributed by atoms with Crippen molar-refractivity contribution in [2.75, 3.05) is 19.7 Å². The van der Waals surface area contributed by atoms with Gasteiger partial charge in [-0.05, 0) is 30.7 Å². The maximum Gasteiger partial charge on any atom is 0.244 e. The zero-order valence-electron chi connectivity index (χ0n) is 11.9. The molecule has 6 heteroatoms. The summed E-state index contributed by atoms with van der Waals surface area (Å²) < 4.78 is 26.8. The van der Waals surface area contributed by atoms with E-state index in [1.165, 1.54) is 10.4 Å². The number of aromatic nitrogens is 1. The average Bonchev–Trinajstić information content (AvgIpc) is 2.47. The summed E-state index contributed by atoms with van der Waals surface area (Å²) in [6.45, 7) is 5.40. The van der Waals surface area contributed by atoms with Gasteiger partial charge in [0.05, 0.1) is 17.0 Å². The van der Waals surface area contributed by atoms with E-state index in [0.717, 1.165) is 5.56 Å². The van der Waals surface area contributed by atoms with Crippen LogP contribution in [-0.4, -0.2) is 42.5 Å². The van der Waals surface area contributed by atoms with Crippen molar-refractivity contribution >= 4 is 20.9 Å². The Morgan fingerprint density at radius 1 is 1.38 bits per heavy atom. The van der Waals surface area contributed by atoms with Crippen LogP contribution in [-0.2, 0) is 10.0 Å². The minimum atomic E-state index is -3.71. The molecule has 21 heavy (non-hydrogen) atoms. The first-order valence-corrected chi connectivity index (χ1v) is 8.02. The van der Waals surface area contributed by atoms with Crippen molar-refractivity contribution < 1.29 is 13.5 Å². The van der Waals surface area contributed by atoms with Crippen LogP contribution in [0.2, 0.25) is 0 Å². The Morgan fingerprint density at radius 2 is 2.14 bits per heavy atom. The van der Waals surface area contributed by atoms with Gasteiger partial charge in [-0.2, -0.15) is 4.31 Å². The molecule has 1 aromatic heterocycles. The molecule has 0 unspecified atom stereocenters. The van der Waals surface area contributed by atoms with Crippen molar-refractivity contribution in [2.24, 2.45) is 0 Å². The van der Waals surface area contributed by atoms with Gasteiger partial charge in [0.2, 0.25) is 10.0 Å². The van der Waals surface area contributed by atoms with E-state index in [4.69, 9.17) is 5.11 Å². The highest BCUT2D eigenvalue weighted by molar-refractivity contribution is 7.89. The Hall–Kier alpha value is -1.76. The normalized spacial score (nSPS) is 12.0. The SMILES string of the molecule is C=CCN(CCO)S(=O)(=O)c1ccc(C)c2ncccc12. The molecule has 0 fully saturated rings. The molecule has 0 bridgehead atoms. The highest BCUT2D eigenvalue weighted by Crippen LogP contribution is 2.26. The molecular formula is C15H18N2O3S. The van der Waals surface area contributed by atoms with E-state index in [2.05, 4.69) is 11.6 Å². The summed E-state index contributed by atoms with van der Waals surface area (Å²) >= 11 is 0. The molecule has 0 atom stereocenters. The topological polar surface area (TPSA) is 70.5 Å². The van der Waals surface area contributed by atoms with E-state index in [-0.39, 0.29) is 24.6 Å². The highest BCUT2D eigenvalue weighted by Gasteiger charge is 2.25. The van der Waals surface area contributed by atoms with Gasteiger partial charge in [-0.25, -0.2) is 8.42 Å². The van der Waals surface area contributed by atoms with E-state index in [9.17, 15) is 8.42 Å². The minimum absolute atomic E-state index is 0.0317. The zero-order valence-corrected chi connectivity index (χ0v) is 12.7. The number of pyridine rings is 1. The number of nitrogens with zero attached hydrogens (tertiary/aromatic N) is 2. The van der Waals surface area contributed by atoms with Gasteiger partial charge in [0, 0.05) is 24.7 Å². The summed E-state index contributed by atoms with van der Waals surface area (Å²) in [7, 11) is -3.71. The number of aryl methyl sites for hydroxylation is 1. The summed E-state index contributed by atoms with van der Waals surface area (Å²) in [5.74, 6) is 0. The van der Waals surface area contributed by atoms with Crippen LogP contribution in [0.1, 0.15) is 5.56 Å². The smallest absolute Gasteiger partial charge is 0.244 e. The molecule has 0 amide bonds. The lowest BCUT2D eigenvalue weighted by molar-refractivity contribution is 0.260. The molecule has 0 saturated carbocycles. The molecule has 2 aromatic rings. The van der Waals surface area contributed by atoms with Crippen molar-refractivity contribution in [3.8, 4) is 0 Å². The number of fused-ring (bicyclic) bond motifs is 1. The molecule has 1 aromatic carbocycles. The highest BCUT2D eigenvalue weighted by atomic mass is 32.2. The lowest BCUT2D eigenvalue weighted by Gasteiger charge is -2.20. The number of benzene rings is 1. The lowest BCUT2D eigenvalue weighted by atomic mass is 10.1. The third-order valence-corrected chi connectivity index (χ3v) is 5.15. The molecule has 0 aliphatic rings. The van der Waals surface area contributed by atoms with E-state index in [0.29, 0.717) is 10.9 Å². The van der Waals surface area contributed by atoms with Crippen LogP contribution >= 0.6 is 0 Å². The van der Waals surface area contributed by atoms with Gasteiger partial charge < -0.3 is 5.11 Å². The van der Waals surface area contributed by atoms with Gasteiger partial charge in [-0.1, -0.05) is 12.1 Å². The van der Waals surface area contributed by atoms with Crippen LogP contribution in [0.15, 0.2) is 48.0 Å². The molecule has 1 heterocycles. The number of rotatable bonds is 6. The van der Waals surface area contributed by atoms with Gasteiger partial charge in [-0.15, -0.1) is 6.58 Å². The first-order chi connectivity index (χ1) is 10.0. The second-order valence-electron chi connectivity index (χ2n) is 4.66. The van der Waals surface area contributed by atoms with Crippen LogP contribution in [0.25, 0.3) is 10.9 Å². The molecule has 0 aliphatic heterocycles. The maximum atomic E-state index is 12.8. The third kappa shape index (κ3) is 2.97. The predicted octanol–water partition coefficient (Wildman–Crippen LogP) is 1.71. The summed E-state index contributed by atoms with van der Waals surface area (Å²) in [6, 6.07) is 6.79. The Morgan fingerprint density at radius 3 is 2.81 bits per heavy atom.